The summed E-state index contributed by atoms with van der Waals surface area (Å²) >= 11 is 6.01. The van der Waals surface area contributed by atoms with E-state index in [0.29, 0.717) is 42.5 Å². The number of hydrogen-bond acceptors (Lipinski definition) is 3. The Labute approximate surface area is 147 Å². The average Bonchev–Trinajstić information content (AvgIpc) is 2.79. The second kappa shape index (κ2) is 8.24. The Kier molecular flexibility index (Phi) is 6.31. The maximum absolute atomic E-state index is 12.8. The molecule has 1 aromatic rings. The van der Waals surface area contributed by atoms with Crippen LogP contribution >= 0.6 is 11.6 Å². The summed E-state index contributed by atoms with van der Waals surface area (Å²) in [5.41, 5.74) is 0.449. The molecule has 2 rings (SSSR count). The van der Waals surface area contributed by atoms with E-state index in [-0.39, 0.29) is 18.0 Å². The molecule has 24 heavy (non-hydrogen) atoms. The predicted molar refractivity (Wildman–Crippen MR) is 93.8 cm³/mol. The fourth-order valence-corrected chi connectivity index (χ4v) is 2.85. The van der Waals surface area contributed by atoms with E-state index in [9.17, 15) is 9.59 Å². The standard InChI is InChI=1S/C17H24ClN3O3/c1-12(2)19-17(23)21-8-4-7-20(9-10-21)16(22)14-11-13(18)5-6-15(14)24-3/h5-6,11-12H,4,7-10H2,1-3H3,(H,19,23). The first-order chi connectivity index (χ1) is 11.4. The number of rotatable bonds is 3. The number of carbonyl (C=O) groups excluding carboxylic acids is 2. The fourth-order valence-electron chi connectivity index (χ4n) is 2.68. The van der Waals surface area contributed by atoms with Gasteiger partial charge in [0, 0.05) is 37.2 Å². The number of nitrogens with zero attached hydrogens (tertiary/aromatic N) is 2. The molecule has 1 heterocycles. The molecule has 0 spiro atoms. The minimum absolute atomic E-state index is 0.0837. The number of halogens is 1. The number of carbonyl (C=O) groups is 2. The highest BCUT2D eigenvalue weighted by molar-refractivity contribution is 6.31. The van der Waals surface area contributed by atoms with Crippen molar-refractivity contribution in [3.63, 3.8) is 0 Å². The molecule has 0 saturated carbocycles. The number of amides is 3. The van der Waals surface area contributed by atoms with Gasteiger partial charge in [0.1, 0.15) is 5.75 Å². The van der Waals surface area contributed by atoms with Gasteiger partial charge in [0.2, 0.25) is 0 Å². The van der Waals surface area contributed by atoms with Crippen LogP contribution in [0.5, 0.6) is 5.75 Å². The van der Waals surface area contributed by atoms with Gasteiger partial charge in [0.05, 0.1) is 12.7 Å². The van der Waals surface area contributed by atoms with E-state index < -0.39 is 0 Å². The van der Waals surface area contributed by atoms with Gasteiger partial charge in [-0.2, -0.15) is 0 Å². The van der Waals surface area contributed by atoms with Gasteiger partial charge < -0.3 is 19.9 Å². The predicted octanol–water partition coefficient (Wildman–Crippen LogP) is 2.61. The van der Waals surface area contributed by atoms with E-state index in [4.69, 9.17) is 16.3 Å². The molecule has 0 unspecified atom stereocenters. The van der Waals surface area contributed by atoms with Crippen molar-refractivity contribution in [2.45, 2.75) is 26.3 Å². The highest BCUT2D eigenvalue weighted by Gasteiger charge is 2.25. The maximum atomic E-state index is 12.8. The second-order valence-electron chi connectivity index (χ2n) is 6.08. The third kappa shape index (κ3) is 4.54. The number of urea groups is 1. The molecule has 0 atom stereocenters. The van der Waals surface area contributed by atoms with Crippen molar-refractivity contribution < 1.29 is 14.3 Å². The lowest BCUT2D eigenvalue weighted by molar-refractivity contribution is 0.0759. The first kappa shape index (κ1) is 18.4. The van der Waals surface area contributed by atoms with Crippen LogP contribution in [-0.4, -0.2) is 61.1 Å². The molecule has 1 aliphatic rings. The Bertz CT molecular complexity index is 607. The summed E-state index contributed by atoms with van der Waals surface area (Å²) in [7, 11) is 1.53. The van der Waals surface area contributed by atoms with Crippen LogP contribution in [0.1, 0.15) is 30.6 Å². The number of ether oxygens (including phenoxy) is 1. The smallest absolute Gasteiger partial charge is 0.317 e. The van der Waals surface area contributed by atoms with E-state index >= 15 is 0 Å². The zero-order chi connectivity index (χ0) is 17.7. The van der Waals surface area contributed by atoms with Gasteiger partial charge in [-0.25, -0.2) is 4.79 Å². The van der Waals surface area contributed by atoms with Crippen LogP contribution in [0.2, 0.25) is 5.02 Å². The summed E-state index contributed by atoms with van der Waals surface area (Å²) in [4.78, 5) is 28.4. The molecule has 1 aromatic carbocycles. The Balaban J connectivity index is 2.07. The van der Waals surface area contributed by atoms with Crippen LogP contribution in [0, 0.1) is 0 Å². The quantitative estimate of drug-likeness (QED) is 0.908. The van der Waals surface area contributed by atoms with Gasteiger partial charge in [-0.05, 0) is 38.5 Å². The monoisotopic (exact) mass is 353 g/mol. The van der Waals surface area contributed by atoms with Crippen molar-refractivity contribution >= 4 is 23.5 Å². The van der Waals surface area contributed by atoms with Crippen molar-refractivity contribution in [2.75, 3.05) is 33.3 Å². The Morgan fingerprint density at radius 3 is 2.50 bits per heavy atom. The molecule has 3 amide bonds. The van der Waals surface area contributed by atoms with E-state index in [1.807, 2.05) is 13.8 Å². The summed E-state index contributed by atoms with van der Waals surface area (Å²) in [5.74, 6) is 0.378. The SMILES string of the molecule is COc1ccc(Cl)cc1C(=O)N1CCCN(C(=O)NC(C)C)CC1. The topological polar surface area (TPSA) is 61.9 Å². The van der Waals surface area contributed by atoms with Crippen LogP contribution in [0.25, 0.3) is 0 Å². The first-order valence-electron chi connectivity index (χ1n) is 8.10. The molecular formula is C17H24ClN3O3. The Hall–Kier alpha value is -1.95. The van der Waals surface area contributed by atoms with E-state index in [1.165, 1.54) is 7.11 Å². The van der Waals surface area contributed by atoms with E-state index in [0.717, 1.165) is 6.42 Å². The molecule has 132 valence electrons. The minimum Gasteiger partial charge on any atom is -0.496 e. The van der Waals surface area contributed by atoms with Gasteiger partial charge in [-0.15, -0.1) is 0 Å². The van der Waals surface area contributed by atoms with Crippen LogP contribution in [-0.2, 0) is 0 Å². The molecule has 6 nitrogen and oxygen atoms in total. The number of nitrogens with one attached hydrogen (secondary N) is 1. The maximum Gasteiger partial charge on any atom is 0.317 e. The average molecular weight is 354 g/mol. The largest absolute Gasteiger partial charge is 0.496 e. The van der Waals surface area contributed by atoms with Crippen LogP contribution in [0.15, 0.2) is 18.2 Å². The lowest BCUT2D eigenvalue weighted by Crippen LogP contribution is -2.44. The summed E-state index contributed by atoms with van der Waals surface area (Å²) in [5, 5.41) is 3.38. The van der Waals surface area contributed by atoms with Crippen molar-refractivity contribution in [1.29, 1.82) is 0 Å². The Morgan fingerprint density at radius 1 is 1.17 bits per heavy atom. The van der Waals surface area contributed by atoms with Crippen LogP contribution in [0.4, 0.5) is 4.79 Å². The Morgan fingerprint density at radius 2 is 1.83 bits per heavy atom. The number of benzene rings is 1. The molecule has 1 N–H and O–H groups in total. The first-order valence-corrected chi connectivity index (χ1v) is 8.48. The zero-order valence-electron chi connectivity index (χ0n) is 14.3. The fraction of sp³-hybridized carbons (Fsp3) is 0.529. The van der Waals surface area contributed by atoms with Gasteiger partial charge in [0.25, 0.3) is 5.91 Å². The second-order valence-corrected chi connectivity index (χ2v) is 6.52. The molecular weight excluding hydrogens is 330 g/mol. The summed E-state index contributed by atoms with van der Waals surface area (Å²) < 4.78 is 5.27. The van der Waals surface area contributed by atoms with Crippen molar-refractivity contribution in [3.05, 3.63) is 28.8 Å². The van der Waals surface area contributed by atoms with E-state index in [1.54, 1.807) is 28.0 Å². The molecule has 7 heteroatoms. The molecule has 0 bridgehead atoms. The lowest BCUT2D eigenvalue weighted by atomic mass is 10.1. The minimum atomic E-state index is -0.125. The lowest BCUT2D eigenvalue weighted by Gasteiger charge is -2.24. The molecule has 0 radical (unpaired) electrons. The summed E-state index contributed by atoms with van der Waals surface area (Å²) in [6, 6.07) is 5.01. The molecule has 1 aliphatic heterocycles. The van der Waals surface area contributed by atoms with Crippen molar-refractivity contribution in [1.82, 2.24) is 15.1 Å². The number of hydrogen-bond donors (Lipinski definition) is 1. The molecule has 1 fully saturated rings. The van der Waals surface area contributed by atoms with Gasteiger partial charge in [-0.1, -0.05) is 11.6 Å². The highest BCUT2D eigenvalue weighted by atomic mass is 35.5. The highest BCUT2D eigenvalue weighted by Crippen LogP contribution is 2.24. The van der Waals surface area contributed by atoms with Crippen LogP contribution < -0.4 is 10.1 Å². The molecule has 0 aliphatic carbocycles. The zero-order valence-corrected chi connectivity index (χ0v) is 15.1. The summed E-state index contributed by atoms with van der Waals surface area (Å²) in [6.07, 6.45) is 0.736. The van der Waals surface area contributed by atoms with Gasteiger partial charge >= 0.3 is 6.03 Å². The number of methoxy groups -OCH3 is 1. The van der Waals surface area contributed by atoms with Crippen molar-refractivity contribution in [3.8, 4) is 5.75 Å². The third-order valence-electron chi connectivity index (χ3n) is 3.87. The van der Waals surface area contributed by atoms with Crippen molar-refractivity contribution in [2.24, 2.45) is 0 Å². The third-order valence-corrected chi connectivity index (χ3v) is 4.11. The van der Waals surface area contributed by atoms with Gasteiger partial charge in [-0.3, -0.25) is 4.79 Å². The van der Waals surface area contributed by atoms with E-state index in [2.05, 4.69) is 5.32 Å². The molecule has 1 saturated heterocycles. The normalized spacial score (nSPS) is 15.2. The molecule has 0 aromatic heterocycles. The van der Waals surface area contributed by atoms with Crippen LogP contribution in [0.3, 0.4) is 0 Å². The summed E-state index contributed by atoms with van der Waals surface area (Å²) in [6.45, 7) is 6.08. The van der Waals surface area contributed by atoms with Gasteiger partial charge in [0.15, 0.2) is 0 Å².